The molecule has 1 aromatic carbocycles. The molecule has 0 unspecified atom stereocenters. The van der Waals surface area contributed by atoms with Crippen molar-refractivity contribution < 1.29 is 9.59 Å². The molecular weight excluding hydrogens is 278 g/mol. The fourth-order valence-electron chi connectivity index (χ4n) is 2.26. The number of hydrogen-bond acceptors (Lipinski definition) is 3. The minimum atomic E-state index is -0.294. The van der Waals surface area contributed by atoms with Gasteiger partial charge in [0, 0.05) is 30.8 Å². The second-order valence-electron chi connectivity index (χ2n) is 4.98. The molecule has 2 N–H and O–H groups in total. The largest absolute Gasteiger partial charge is 0.398 e. The van der Waals surface area contributed by atoms with Gasteiger partial charge in [0.15, 0.2) is 0 Å². The minimum Gasteiger partial charge on any atom is -0.398 e. The van der Waals surface area contributed by atoms with Crippen LogP contribution in [0, 0.1) is 0 Å². The van der Waals surface area contributed by atoms with Crippen LogP contribution in [0.2, 0.25) is 5.02 Å². The smallest absolute Gasteiger partial charge is 0.256 e. The highest BCUT2D eigenvalue weighted by Gasteiger charge is 2.22. The van der Waals surface area contributed by atoms with Gasteiger partial charge in [-0.1, -0.05) is 11.6 Å². The predicted molar refractivity (Wildman–Crippen MR) is 78.6 cm³/mol. The number of rotatable bonds is 3. The van der Waals surface area contributed by atoms with Gasteiger partial charge in [-0.05, 0) is 31.0 Å². The standard InChI is InChI=1S/C14H18ClN3O2/c1-17(9-13(19)18-6-2-3-7-18)14(20)11-8-10(15)4-5-12(11)16/h4-5,8H,2-3,6-7,9,16H2,1H3. The average molecular weight is 296 g/mol. The lowest BCUT2D eigenvalue weighted by Crippen LogP contribution is -2.40. The maximum atomic E-state index is 12.3. The van der Waals surface area contributed by atoms with Gasteiger partial charge < -0.3 is 15.5 Å². The van der Waals surface area contributed by atoms with Crippen LogP contribution < -0.4 is 5.73 Å². The number of amides is 2. The third-order valence-electron chi connectivity index (χ3n) is 3.42. The quantitative estimate of drug-likeness (QED) is 0.862. The van der Waals surface area contributed by atoms with Crippen LogP contribution in [0.25, 0.3) is 0 Å². The summed E-state index contributed by atoms with van der Waals surface area (Å²) >= 11 is 5.87. The summed E-state index contributed by atoms with van der Waals surface area (Å²) in [4.78, 5) is 27.5. The van der Waals surface area contributed by atoms with Crippen LogP contribution in [0.5, 0.6) is 0 Å². The van der Waals surface area contributed by atoms with Crippen molar-refractivity contribution in [3.8, 4) is 0 Å². The first kappa shape index (κ1) is 14.7. The molecule has 0 aliphatic carbocycles. The molecule has 2 amide bonds. The molecule has 0 bridgehead atoms. The van der Waals surface area contributed by atoms with Gasteiger partial charge in [0.05, 0.1) is 12.1 Å². The first-order chi connectivity index (χ1) is 9.49. The number of benzene rings is 1. The highest BCUT2D eigenvalue weighted by Crippen LogP contribution is 2.19. The van der Waals surface area contributed by atoms with E-state index in [9.17, 15) is 9.59 Å². The summed E-state index contributed by atoms with van der Waals surface area (Å²) < 4.78 is 0. The van der Waals surface area contributed by atoms with Gasteiger partial charge in [-0.25, -0.2) is 0 Å². The van der Waals surface area contributed by atoms with Crippen molar-refractivity contribution in [1.29, 1.82) is 0 Å². The van der Waals surface area contributed by atoms with Crippen LogP contribution in [0.1, 0.15) is 23.2 Å². The van der Waals surface area contributed by atoms with Crippen molar-refractivity contribution in [2.75, 3.05) is 32.4 Å². The summed E-state index contributed by atoms with van der Waals surface area (Å²) in [6, 6.07) is 4.74. The molecule has 1 heterocycles. The zero-order valence-corrected chi connectivity index (χ0v) is 12.2. The second-order valence-corrected chi connectivity index (χ2v) is 5.42. The first-order valence-corrected chi connectivity index (χ1v) is 6.95. The summed E-state index contributed by atoms with van der Waals surface area (Å²) in [6.45, 7) is 1.62. The molecule has 6 heteroatoms. The normalized spacial score (nSPS) is 14.4. The van der Waals surface area contributed by atoms with Crippen LogP contribution in [0.3, 0.4) is 0 Å². The topological polar surface area (TPSA) is 66.6 Å². The van der Waals surface area contributed by atoms with E-state index in [0.29, 0.717) is 16.3 Å². The Hall–Kier alpha value is -1.75. The van der Waals surface area contributed by atoms with E-state index in [1.165, 1.54) is 11.0 Å². The molecular formula is C14H18ClN3O2. The van der Waals surface area contributed by atoms with Gasteiger partial charge in [-0.2, -0.15) is 0 Å². The van der Waals surface area contributed by atoms with Gasteiger partial charge >= 0.3 is 0 Å². The number of anilines is 1. The molecule has 1 aliphatic heterocycles. The predicted octanol–water partition coefficient (Wildman–Crippen LogP) is 1.62. The van der Waals surface area contributed by atoms with E-state index < -0.39 is 0 Å². The molecule has 0 aromatic heterocycles. The van der Waals surface area contributed by atoms with Crippen molar-refractivity contribution in [1.82, 2.24) is 9.80 Å². The Labute approximate surface area is 123 Å². The van der Waals surface area contributed by atoms with Gasteiger partial charge in [-0.15, -0.1) is 0 Å². The highest BCUT2D eigenvalue weighted by atomic mass is 35.5. The number of hydrogen-bond donors (Lipinski definition) is 1. The first-order valence-electron chi connectivity index (χ1n) is 6.57. The average Bonchev–Trinajstić information content (AvgIpc) is 2.94. The summed E-state index contributed by atoms with van der Waals surface area (Å²) in [6.07, 6.45) is 2.06. The molecule has 0 atom stereocenters. The van der Waals surface area contributed by atoms with Gasteiger partial charge in [-0.3, -0.25) is 9.59 Å². The summed E-state index contributed by atoms with van der Waals surface area (Å²) in [5.41, 5.74) is 6.47. The van der Waals surface area contributed by atoms with E-state index in [1.807, 2.05) is 0 Å². The summed E-state index contributed by atoms with van der Waals surface area (Å²) in [5, 5.41) is 0.446. The number of nitrogens with zero attached hydrogens (tertiary/aromatic N) is 2. The van der Waals surface area contributed by atoms with Gasteiger partial charge in [0.25, 0.3) is 5.91 Å². The fourth-order valence-corrected chi connectivity index (χ4v) is 2.43. The van der Waals surface area contributed by atoms with Crippen LogP contribution in [0.4, 0.5) is 5.69 Å². The number of likely N-dealkylation sites (N-methyl/N-ethyl adjacent to an activating group) is 1. The van der Waals surface area contributed by atoms with Crippen molar-refractivity contribution in [3.05, 3.63) is 28.8 Å². The lowest BCUT2D eigenvalue weighted by molar-refractivity contribution is -0.130. The molecule has 5 nitrogen and oxygen atoms in total. The molecule has 20 heavy (non-hydrogen) atoms. The van der Waals surface area contributed by atoms with E-state index in [1.54, 1.807) is 24.1 Å². The highest BCUT2D eigenvalue weighted by molar-refractivity contribution is 6.31. The third kappa shape index (κ3) is 3.22. The van der Waals surface area contributed by atoms with Crippen molar-refractivity contribution in [2.45, 2.75) is 12.8 Å². The number of carbonyl (C=O) groups excluding carboxylic acids is 2. The van der Waals surface area contributed by atoms with Gasteiger partial charge in [0.2, 0.25) is 5.91 Å². The van der Waals surface area contributed by atoms with Crippen molar-refractivity contribution in [2.24, 2.45) is 0 Å². The molecule has 0 saturated carbocycles. The van der Waals surface area contributed by atoms with E-state index in [0.717, 1.165) is 25.9 Å². The van der Waals surface area contributed by atoms with Crippen LogP contribution in [-0.2, 0) is 4.79 Å². The molecule has 2 rings (SSSR count). The van der Waals surface area contributed by atoms with E-state index in [-0.39, 0.29) is 18.4 Å². The Bertz CT molecular complexity index is 527. The monoisotopic (exact) mass is 295 g/mol. The van der Waals surface area contributed by atoms with E-state index in [4.69, 9.17) is 17.3 Å². The lowest BCUT2D eigenvalue weighted by atomic mass is 10.1. The summed E-state index contributed by atoms with van der Waals surface area (Å²) in [7, 11) is 1.59. The van der Waals surface area contributed by atoms with Crippen molar-refractivity contribution in [3.63, 3.8) is 0 Å². The maximum absolute atomic E-state index is 12.3. The molecule has 1 saturated heterocycles. The zero-order chi connectivity index (χ0) is 14.7. The summed E-state index contributed by atoms with van der Waals surface area (Å²) in [5.74, 6) is -0.323. The van der Waals surface area contributed by atoms with E-state index in [2.05, 4.69) is 0 Å². The third-order valence-corrected chi connectivity index (χ3v) is 3.66. The number of carbonyl (C=O) groups is 2. The molecule has 108 valence electrons. The van der Waals surface area contributed by atoms with Crippen molar-refractivity contribution >= 4 is 29.1 Å². The number of halogens is 1. The Morgan fingerprint density at radius 2 is 2.00 bits per heavy atom. The minimum absolute atomic E-state index is 0.0288. The SMILES string of the molecule is CN(CC(=O)N1CCCC1)C(=O)c1cc(Cl)ccc1N. The van der Waals surface area contributed by atoms with Crippen LogP contribution in [0.15, 0.2) is 18.2 Å². The number of nitrogens with two attached hydrogens (primary N) is 1. The van der Waals surface area contributed by atoms with E-state index >= 15 is 0 Å². The second kappa shape index (κ2) is 6.13. The number of nitrogen functional groups attached to an aromatic ring is 1. The Kier molecular flexibility index (Phi) is 4.49. The molecule has 0 spiro atoms. The molecule has 1 fully saturated rings. The molecule has 0 radical (unpaired) electrons. The maximum Gasteiger partial charge on any atom is 0.256 e. The van der Waals surface area contributed by atoms with Gasteiger partial charge in [0.1, 0.15) is 0 Å². The Balaban J connectivity index is 2.04. The van der Waals surface area contributed by atoms with Crippen LogP contribution >= 0.6 is 11.6 Å². The van der Waals surface area contributed by atoms with Crippen LogP contribution in [-0.4, -0.2) is 48.3 Å². The fraction of sp³-hybridized carbons (Fsp3) is 0.429. The Morgan fingerprint density at radius 3 is 2.65 bits per heavy atom. The lowest BCUT2D eigenvalue weighted by Gasteiger charge is -2.22. The number of likely N-dealkylation sites (tertiary alicyclic amines) is 1. The molecule has 1 aromatic rings. The zero-order valence-electron chi connectivity index (χ0n) is 11.4. The Morgan fingerprint density at radius 1 is 1.35 bits per heavy atom. The molecule has 1 aliphatic rings.